The molecule has 1 rings (SSSR count). The van der Waals surface area contributed by atoms with Gasteiger partial charge < -0.3 is 10.0 Å². The Morgan fingerprint density at radius 2 is 2.00 bits per heavy atom. The Kier molecular flexibility index (Phi) is 5.81. The molecular formula is C13H25NO2. The maximum atomic E-state index is 10.9. The molecular weight excluding hydrogens is 202 g/mol. The van der Waals surface area contributed by atoms with Crippen molar-refractivity contribution in [2.75, 3.05) is 20.1 Å². The highest BCUT2D eigenvalue weighted by Crippen LogP contribution is 2.24. The van der Waals surface area contributed by atoms with Crippen molar-refractivity contribution < 1.29 is 9.90 Å². The van der Waals surface area contributed by atoms with Crippen LogP contribution in [0.25, 0.3) is 0 Å². The number of carboxylic acid groups (broad SMARTS) is 1. The van der Waals surface area contributed by atoms with E-state index in [1.807, 2.05) is 6.92 Å². The second kappa shape index (κ2) is 6.89. The summed E-state index contributed by atoms with van der Waals surface area (Å²) in [4.78, 5) is 13.1. The first kappa shape index (κ1) is 13.5. The van der Waals surface area contributed by atoms with Crippen molar-refractivity contribution in [3.05, 3.63) is 0 Å². The van der Waals surface area contributed by atoms with Crippen LogP contribution in [-0.4, -0.2) is 36.1 Å². The molecule has 0 amide bonds. The summed E-state index contributed by atoms with van der Waals surface area (Å²) in [5.41, 5.74) is 0. The lowest BCUT2D eigenvalue weighted by Crippen LogP contribution is -2.34. The third-order valence-corrected chi connectivity index (χ3v) is 3.67. The largest absolute Gasteiger partial charge is 0.481 e. The monoisotopic (exact) mass is 227 g/mol. The Labute approximate surface area is 98.8 Å². The van der Waals surface area contributed by atoms with Crippen LogP contribution in [0.3, 0.4) is 0 Å². The number of nitrogens with zero attached hydrogens (tertiary/aromatic N) is 1. The van der Waals surface area contributed by atoms with Gasteiger partial charge in [0.15, 0.2) is 0 Å². The van der Waals surface area contributed by atoms with Gasteiger partial charge in [-0.15, -0.1) is 0 Å². The lowest BCUT2D eigenvalue weighted by atomic mass is 9.89. The first-order valence-electron chi connectivity index (χ1n) is 6.54. The summed E-state index contributed by atoms with van der Waals surface area (Å²) in [6, 6.07) is 0. The smallest absolute Gasteiger partial charge is 0.307 e. The molecule has 3 heteroatoms. The van der Waals surface area contributed by atoms with Crippen LogP contribution in [0.5, 0.6) is 0 Å². The molecule has 1 aliphatic carbocycles. The molecule has 0 saturated heterocycles. The van der Waals surface area contributed by atoms with Gasteiger partial charge in [-0.25, -0.2) is 0 Å². The second-order valence-electron chi connectivity index (χ2n) is 5.17. The molecule has 0 aromatic carbocycles. The minimum atomic E-state index is -0.655. The minimum Gasteiger partial charge on any atom is -0.481 e. The fourth-order valence-corrected chi connectivity index (χ4v) is 2.64. The Morgan fingerprint density at radius 3 is 2.50 bits per heavy atom. The van der Waals surface area contributed by atoms with Crippen molar-refractivity contribution in [3.63, 3.8) is 0 Å². The van der Waals surface area contributed by atoms with Crippen molar-refractivity contribution in [1.29, 1.82) is 0 Å². The van der Waals surface area contributed by atoms with Gasteiger partial charge in [0.1, 0.15) is 0 Å². The SMILES string of the molecule is CCC(CN(C)CC1CCCCC1)C(=O)O. The highest BCUT2D eigenvalue weighted by atomic mass is 16.4. The lowest BCUT2D eigenvalue weighted by Gasteiger charge is -2.28. The Morgan fingerprint density at radius 1 is 1.38 bits per heavy atom. The number of carbonyl (C=O) groups is 1. The third kappa shape index (κ3) is 4.52. The predicted molar refractivity (Wildman–Crippen MR) is 65.5 cm³/mol. The van der Waals surface area contributed by atoms with Gasteiger partial charge in [0.05, 0.1) is 5.92 Å². The van der Waals surface area contributed by atoms with Crippen LogP contribution in [-0.2, 0) is 4.79 Å². The Hall–Kier alpha value is -0.570. The van der Waals surface area contributed by atoms with Crippen LogP contribution in [0.4, 0.5) is 0 Å². The average molecular weight is 227 g/mol. The van der Waals surface area contributed by atoms with Gasteiger partial charge in [-0.05, 0) is 32.2 Å². The van der Waals surface area contributed by atoms with Crippen molar-refractivity contribution >= 4 is 5.97 Å². The molecule has 0 radical (unpaired) electrons. The quantitative estimate of drug-likeness (QED) is 0.758. The number of hydrogen-bond acceptors (Lipinski definition) is 2. The third-order valence-electron chi connectivity index (χ3n) is 3.67. The Balaban J connectivity index is 2.27. The normalized spacial score (nSPS) is 19.9. The van der Waals surface area contributed by atoms with Gasteiger partial charge in [0.2, 0.25) is 0 Å². The van der Waals surface area contributed by atoms with Gasteiger partial charge in [-0.3, -0.25) is 4.79 Å². The topological polar surface area (TPSA) is 40.5 Å². The van der Waals surface area contributed by atoms with Gasteiger partial charge in [-0.1, -0.05) is 26.2 Å². The van der Waals surface area contributed by atoms with Crippen molar-refractivity contribution in [2.24, 2.45) is 11.8 Å². The summed E-state index contributed by atoms with van der Waals surface area (Å²) in [6.45, 7) is 3.72. The molecule has 0 bridgehead atoms. The maximum absolute atomic E-state index is 10.9. The van der Waals surface area contributed by atoms with E-state index in [-0.39, 0.29) is 5.92 Å². The van der Waals surface area contributed by atoms with Crippen LogP contribution in [0.1, 0.15) is 45.4 Å². The molecule has 1 atom stereocenters. The molecule has 1 unspecified atom stereocenters. The molecule has 1 fully saturated rings. The van der Waals surface area contributed by atoms with E-state index in [0.717, 1.165) is 18.9 Å². The molecule has 0 spiro atoms. The minimum absolute atomic E-state index is 0.200. The molecule has 0 aliphatic heterocycles. The zero-order valence-corrected chi connectivity index (χ0v) is 10.6. The molecule has 0 heterocycles. The predicted octanol–water partition coefficient (Wildman–Crippen LogP) is 2.61. The van der Waals surface area contributed by atoms with Gasteiger partial charge in [0, 0.05) is 13.1 Å². The van der Waals surface area contributed by atoms with Crippen molar-refractivity contribution in [2.45, 2.75) is 45.4 Å². The molecule has 0 aromatic rings. The molecule has 3 nitrogen and oxygen atoms in total. The zero-order valence-electron chi connectivity index (χ0n) is 10.6. The standard InChI is InChI=1S/C13H25NO2/c1-3-12(13(15)16)10-14(2)9-11-7-5-4-6-8-11/h11-12H,3-10H2,1-2H3,(H,15,16). The molecule has 1 saturated carbocycles. The van der Waals surface area contributed by atoms with Crippen LogP contribution in [0.2, 0.25) is 0 Å². The second-order valence-corrected chi connectivity index (χ2v) is 5.17. The van der Waals surface area contributed by atoms with Gasteiger partial charge >= 0.3 is 5.97 Å². The van der Waals surface area contributed by atoms with Crippen LogP contribution >= 0.6 is 0 Å². The van der Waals surface area contributed by atoms with E-state index < -0.39 is 5.97 Å². The number of rotatable bonds is 6. The van der Waals surface area contributed by atoms with E-state index in [2.05, 4.69) is 11.9 Å². The van der Waals surface area contributed by atoms with E-state index in [4.69, 9.17) is 5.11 Å². The fraction of sp³-hybridized carbons (Fsp3) is 0.923. The van der Waals surface area contributed by atoms with E-state index >= 15 is 0 Å². The van der Waals surface area contributed by atoms with Crippen LogP contribution < -0.4 is 0 Å². The molecule has 0 aromatic heterocycles. The number of carboxylic acids is 1. The van der Waals surface area contributed by atoms with Gasteiger partial charge in [-0.2, -0.15) is 0 Å². The van der Waals surface area contributed by atoms with E-state index in [0.29, 0.717) is 6.54 Å². The van der Waals surface area contributed by atoms with E-state index in [1.54, 1.807) is 0 Å². The van der Waals surface area contributed by atoms with Crippen LogP contribution in [0.15, 0.2) is 0 Å². The molecule has 1 N–H and O–H groups in total. The fourth-order valence-electron chi connectivity index (χ4n) is 2.64. The van der Waals surface area contributed by atoms with E-state index in [9.17, 15) is 4.79 Å². The number of hydrogen-bond donors (Lipinski definition) is 1. The average Bonchev–Trinajstić information content (AvgIpc) is 2.27. The summed E-state index contributed by atoms with van der Waals surface area (Å²) < 4.78 is 0. The zero-order chi connectivity index (χ0) is 12.0. The highest BCUT2D eigenvalue weighted by molar-refractivity contribution is 5.70. The summed E-state index contributed by atoms with van der Waals surface area (Å²) in [7, 11) is 2.06. The summed E-state index contributed by atoms with van der Waals surface area (Å²) in [5.74, 6) is -0.0587. The van der Waals surface area contributed by atoms with Crippen molar-refractivity contribution in [1.82, 2.24) is 4.90 Å². The summed E-state index contributed by atoms with van der Waals surface area (Å²) in [5, 5.41) is 9.00. The molecule has 1 aliphatic rings. The van der Waals surface area contributed by atoms with Crippen LogP contribution in [0, 0.1) is 11.8 Å². The Bertz CT molecular complexity index is 212. The molecule has 16 heavy (non-hydrogen) atoms. The number of aliphatic carboxylic acids is 1. The van der Waals surface area contributed by atoms with E-state index in [1.165, 1.54) is 32.1 Å². The first-order chi connectivity index (χ1) is 7.63. The maximum Gasteiger partial charge on any atom is 0.307 e. The lowest BCUT2D eigenvalue weighted by molar-refractivity contribution is -0.142. The first-order valence-corrected chi connectivity index (χ1v) is 6.54. The molecule has 94 valence electrons. The summed E-state index contributed by atoms with van der Waals surface area (Å²) in [6.07, 6.45) is 7.48. The summed E-state index contributed by atoms with van der Waals surface area (Å²) >= 11 is 0. The van der Waals surface area contributed by atoms with Crippen molar-refractivity contribution in [3.8, 4) is 0 Å². The highest BCUT2D eigenvalue weighted by Gasteiger charge is 2.20. The van der Waals surface area contributed by atoms with Gasteiger partial charge in [0.25, 0.3) is 0 Å².